The van der Waals surface area contributed by atoms with E-state index in [2.05, 4.69) is 20.2 Å². The van der Waals surface area contributed by atoms with Crippen LogP contribution < -0.4 is 10.2 Å². The molecule has 2 heterocycles. The van der Waals surface area contributed by atoms with Crippen molar-refractivity contribution in [2.75, 3.05) is 23.3 Å². The van der Waals surface area contributed by atoms with Gasteiger partial charge in [-0.3, -0.25) is 4.79 Å². The molecule has 1 N–H and O–H groups in total. The fraction of sp³-hybridized carbons (Fsp3) is 0.353. The Balaban J connectivity index is 1.77. The maximum absolute atomic E-state index is 12.4. The van der Waals surface area contributed by atoms with E-state index in [1.165, 1.54) is 12.8 Å². The van der Waals surface area contributed by atoms with Gasteiger partial charge in [0.25, 0.3) is 5.91 Å². The molecule has 0 aliphatic carbocycles. The average Bonchev–Trinajstić information content (AvgIpc) is 3.01. The predicted octanol–water partition coefficient (Wildman–Crippen LogP) is 2.95. The molecular weight excluding hydrogens is 276 g/mol. The minimum absolute atomic E-state index is 0.170. The number of carbonyl (C=O) groups is 1. The van der Waals surface area contributed by atoms with Crippen molar-refractivity contribution in [1.29, 1.82) is 0 Å². The zero-order valence-electron chi connectivity index (χ0n) is 13.0. The lowest BCUT2D eigenvalue weighted by Crippen LogP contribution is -2.22. The van der Waals surface area contributed by atoms with Gasteiger partial charge in [0.2, 0.25) is 5.95 Å². The predicted molar refractivity (Wildman–Crippen MR) is 87.3 cm³/mol. The number of carbonyl (C=O) groups excluding carboxylic acids is 1. The second kappa shape index (κ2) is 6.13. The quantitative estimate of drug-likeness (QED) is 0.946. The maximum Gasteiger partial charge on any atom is 0.259 e. The van der Waals surface area contributed by atoms with E-state index in [9.17, 15) is 4.79 Å². The van der Waals surface area contributed by atoms with Crippen molar-refractivity contribution in [2.24, 2.45) is 0 Å². The molecule has 0 radical (unpaired) electrons. The van der Waals surface area contributed by atoms with Crippen molar-refractivity contribution >= 4 is 17.5 Å². The molecule has 0 bridgehead atoms. The first-order valence-corrected chi connectivity index (χ1v) is 7.60. The van der Waals surface area contributed by atoms with Gasteiger partial charge in [0, 0.05) is 25.0 Å². The molecule has 0 atom stereocenters. The molecule has 22 heavy (non-hydrogen) atoms. The molecule has 1 fully saturated rings. The Morgan fingerprint density at radius 2 is 2.00 bits per heavy atom. The number of amides is 1. The minimum atomic E-state index is -0.170. The van der Waals surface area contributed by atoms with Crippen LogP contribution in [0.2, 0.25) is 0 Å². The second-order valence-corrected chi connectivity index (χ2v) is 5.69. The van der Waals surface area contributed by atoms with Gasteiger partial charge in [-0.2, -0.15) is 0 Å². The third kappa shape index (κ3) is 3.08. The number of aryl methyl sites for hydroxylation is 2. The summed E-state index contributed by atoms with van der Waals surface area (Å²) in [6, 6.07) is 7.73. The molecule has 1 aliphatic heterocycles. The van der Waals surface area contributed by atoms with Crippen LogP contribution in [0.15, 0.2) is 30.5 Å². The minimum Gasteiger partial charge on any atom is -0.341 e. The van der Waals surface area contributed by atoms with E-state index in [-0.39, 0.29) is 5.91 Å². The maximum atomic E-state index is 12.4. The molecule has 1 aliphatic rings. The lowest BCUT2D eigenvalue weighted by atomic mass is 10.2. The monoisotopic (exact) mass is 296 g/mol. The molecule has 114 valence electrons. The first-order chi connectivity index (χ1) is 10.6. The van der Waals surface area contributed by atoms with Gasteiger partial charge in [-0.1, -0.05) is 12.1 Å². The Kier molecular flexibility index (Phi) is 4.04. The molecule has 1 saturated heterocycles. The largest absolute Gasteiger partial charge is 0.341 e. The van der Waals surface area contributed by atoms with Crippen molar-refractivity contribution in [3.05, 3.63) is 47.3 Å². The number of aromatic nitrogens is 2. The number of hydrogen-bond acceptors (Lipinski definition) is 4. The molecule has 0 unspecified atom stereocenters. The van der Waals surface area contributed by atoms with Gasteiger partial charge in [0.1, 0.15) is 0 Å². The molecule has 5 heteroatoms. The molecule has 2 aromatic rings. The van der Waals surface area contributed by atoms with Crippen molar-refractivity contribution < 1.29 is 4.79 Å². The zero-order chi connectivity index (χ0) is 15.5. The number of nitrogens with one attached hydrogen (secondary N) is 1. The van der Waals surface area contributed by atoms with Crippen molar-refractivity contribution in [3.8, 4) is 0 Å². The smallest absolute Gasteiger partial charge is 0.259 e. The van der Waals surface area contributed by atoms with Crippen molar-refractivity contribution in [1.82, 2.24) is 9.97 Å². The standard InChI is InChI=1S/C17H20N4O/c1-12-6-5-7-14(10-12)20-16(22)15-11-18-17(19-13(15)2)21-8-3-4-9-21/h5-7,10-11H,3-4,8-9H2,1-2H3,(H,20,22). The summed E-state index contributed by atoms with van der Waals surface area (Å²) in [6.45, 7) is 5.84. The number of anilines is 2. The second-order valence-electron chi connectivity index (χ2n) is 5.69. The Morgan fingerprint density at radius 3 is 2.68 bits per heavy atom. The fourth-order valence-electron chi connectivity index (χ4n) is 2.67. The van der Waals surface area contributed by atoms with Crippen LogP contribution in [0.1, 0.15) is 34.5 Å². The van der Waals surface area contributed by atoms with Gasteiger partial charge >= 0.3 is 0 Å². The van der Waals surface area contributed by atoms with Gasteiger partial charge in [-0.05, 0) is 44.4 Å². The Labute approximate surface area is 130 Å². The van der Waals surface area contributed by atoms with Crippen LogP contribution in [0, 0.1) is 13.8 Å². The number of nitrogens with zero attached hydrogens (tertiary/aromatic N) is 3. The normalized spacial score (nSPS) is 14.2. The summed E-state index contributed by atoms with van der Waals surface area (Å²) in [5.74, 6) is 0.554. The molecule has 0 saturated carbocycles. The molecule has 1 aromatic heterocycles. The van der Waals surface area contributed by atoms with Crippen molar-refractivity contribution in [2.45, 2.75) is 26.7 Å². The lowest BCUT2D eigenvalue weighted by Gasteiger charge is -2.16. The van der Waals surface area contributed by atoms with E-state index in [1.807, 2.05) is 38.1 Å². The summed E-state index contributed by atoms with van der Waals surface area (Å²) in [7, 11) is 0. The van der Waals surface area contributed by atoms with Gasteiger partial charge in [0.15, 0.2) is 0 Å². The van der Waals surface area contributed by atoms with Gasteiger partial charge in [0.05, 0.1) is 11.3 Å². The average molecular weight is 296 g/mol. The van der Waals surface area contributed by atoms with E-state index in [4.69, 9.17) is 0 Å². The van der Waals surface area contributed by atoms with E-state index in [0.29, 0.717) is 11.3 Å². The first-order valence-electron chi connectivity index (χ1n) is 7.60. The summed E-state index contributed by atoms with van der Waals surface area (Å²) in [5, 5.41) is 2.90. The first kappa shape index (κ1) is 14.5. The fourth-order valence-corrected chi connectivity index (χ4v) is 2.67. The van der Waals surface area contributed by atoms with E-state index < -0.39 is 0 Å². The summed E-state index contributed by atoms with van der Waals surface area (Å²) < 4.78 is 0. The third-order valence-electron chi connectivity index (χ3n) is 3.88. The summed E-state index contributed by atoms with van der Waals surface area (Å²) in [5.41, 5.74) is 3.12. The SMILES string of the molecule is Cc1cccc(NC(=O)c2cnc(N3CCCC3)nc2C)c1. The highest BCUT2D eigenvalue weighted by Crippen LogP contribution is 2.18. The highest BCUT2D eigenvalue weighted by atomic mass is 16.1. The molecule has 3 rings (SSSR count). The molecule has 5 nitrogen and oxygen atoms in total. The van der Waals surface area contributed by atoms with E-state index in [1.54, 1.807) is 6.20 Å². The summed E-state index contributed by atoms with van der Waals surface area (Å²) >= 11 is 0. The molecular formula is C17H20N4O. The van der Waals surface area contributed by atoms with Crippen LogP contribution in [-0.4, -0.2) is 29.0 Å². The van der Waals surface area contributed by atoms with Crippen LogP contribution in [-0.2, 0) is 0 Å². The van der Waals surface area contributed by atoms with Gasteiger partial charge in [-0.25, -0.2) is 9.97 Å². The number of hydrogen-bond donors (Lipinski definition) is 1. The van der Waals surface area contributed by atoms with Gasteiger partial charge in [-0.15, -0.1) is 0 Å². The summed E-state index contributed by atoms with van der Waals surface area (Å²) in [6.07, 6.45) is 3.98. The molecule has 0 spiro atoms. The van der Waals surface area contributed by atoms with E-state index >= 15 is 0 Å². The van der Waals surface area contributed by atoms with Crippen LogP contribution >= 0.6 is 0 Å². The van der Waals surface area contributed by atoms with Crippen LogP contribution in [0.4, 0.5) is 11.6 Å². The molecule has 1 amide bonds. The Morgan fingerprint density at radius 1 is 1.23 bits per heavy atom. The number of benzene rings is 1. The summed E-state index contributed by atoms with van der Waals surface area (Å²) in [4.78, 5) is 23.4. The van der Waals surface area contributed by atoms with Crippen molar-refractivity contribution in [3.63, 3.8) is 0 Å². The van der Waals surface area contributed by atoms with Gasteiger partial charge < -0.3 is 10.2 Å². The topological polar surface area (TPSA) is 58.1 Å². The number of rotatable bonds is 3. The highest BCUT2D eigenvalue weighted by Gasteiger charge is 2.18. The van der Waals surface area contributed by atoms with Crippen LogP contribution in [0.5, 0.6) is 0 Å². The van der Waals surface area contributed by atoms with Crippen LogP contribution in [0.3, 0.4) is 0 Å². The van der Waals surface area contributed by atoms with Crippen LogP contribution in [0.25, 0.3) is 0 Å². The highest BCUT2D eigenvalue weighted by molar-refractivity contribution is 6.04. The van der Waals surface area contributed by atoms with E-state index in [0.717, 1.165) is 30.3 Å². The Hall–Kier alpha value is -2.43. The third-order valence-corrected chi connectivity index (χ3v) is 3.88. The molecule has 1 aromatic carbocycles. The lowest BCUT2D eigenvalue weighted by molar-refractivity contribution is 0.102. The zero-order valence-corrected chi connectivity index (χ0v) is 13.0. The Bertz CT molecular complexity index is 693.